The Balaban J connectivity index is 1.70. The fourth-order valence-electron chi connectivity index (χ4n) is 3.45. The molecule has 126 valence electrons. The standard InChI is InChI=1S/C20H25N3O/c1-3-23-12-6-10-18(23)14-22-20(24)17-9-4-8-16(13-17)19-15(2)7-5-11-21-19/h4-5,7-9,11,13,18H,3,6,10,12,14H2,1-2H3,(H,22,24)/t18-/m1/s1. The molecule has 0 radical (unpaired) electrons. The van der Waals surface area contributed by atoms with E-state index in [1.54, 1.807) is 6.20 Å². The highest BCUT2D eigenvalue weighted by Crippen LogP contribution is 2.21. The number of benzene rings is 1. The normalized spacial score (nSPS) is 17.8. The van der Waals surface area contributed by atoms with E-state index in [4.69, 9.17) is 0 Å². The minimum absolute atomic E-state index is 0.00612. The molecule has 1 atom stereocenters. The molecule has 2 heterocycles. The van der Waals surface area contributed by atoms with E-state index in [1.807, 2.05) is 43.3 Å². The van der Waals surface area contributed by atoms with Crippen molar-refractivity contribution in [3.63, 3.8) is 0 Å². The van der Waals surface area contributed by atoms with Crippen LogP contribution in [0.1, 0.15) is 35.7 Å². The molecule has 1 aromatic heterocycles. The maximum atomic E-state index is 12.5. The van der Waals surface area contributed by atoms with E-state index in [0.717, 1.165) is 36.5 Å². The molecule has 4 nitrogen and oxygen atoms in total. The number of hydrogen-bond donors (Lipinski definition) is 1. The maximum absolute atomic E-state index is 12.5. The Morgan fingerprint density at radius 3 is 3.00 bits per heavy atom. The predicted molar refractivity (Wildman–Crippen MR) is 97.0 cm³/mol. The van der Waals surface area contributed by atoms with Crippen LogP contribution in [-0.2, 0) is 0 Å². The van der Waals surface area contributed by atoms with E-state index in [2.05, 4.69) is 22.1 Å². The summed E-state index contributed by atoms with van der Waals surface area (Å²) in [5.74, 6) is -0.00612. The number of aromatic nitrogens is 1. The zero-order valence-electron chi connectivity index (χ0n) is 14.5. The monoisotopic (exact) mass is 323 g/mol. The lowest BCUT2D eigenvalue weighted by molar-refractivity contribution is 0.0941. The summed E-state index contributed by atoms with van der Waals surface area (Å²) in [6.07, 6.45) is 4.18. The van der Waals surface area contributed by atoms with E-state index >= 15 is 0 Å². The van der Waals surface area contributed by atoms with Crippen molar-refractivity contribution < 1.29 is 4.79 Å². The van der Waals surface area contributed by atoms with Crippen LogP contribution in [0.25, 0.3) is 11.3 Å². The Labute approximate surface area is 143 Å². The summed E-state index contributed by atoms with van der Waals surface area (Å²) >= 11 is 0. The molecule has 0 bridgehead atoms. The highest BCUT2D eigenvalue weighted by molar-refractivity contribution is 5.95. The number of pyridine rings is 1. The van der Waals surface area contributed by atoms with E-state index in [0.29, 0.717) is 11.6 Å². The van der Waals surface area contributed by atoms with Crippen molar-refractivity contribution in [2.24, 2.45) is 0 Å². The first-order valence-corrected chi connectivity index (χ1v) is 8.73. The maximum Gasteiger partial charge on any atom is 0.251 e. The van der Waals surface area contributed by atoms with Crippen LogP contribution in [0.2, 0.25) is 0 Å². The topological polar surface area (TPSA) is 45.2 Å². The molecule has 4 heteroatoms. The molecule has 3 rings (SSSR count). The minimum atomic E-state index is -0.00612. The molecule has 1 saturated heterocycles. The van der Waals surface area contributed by atoms with Crippen molar-refractivity contribution in [2.45, 2.75) is 32.7 Å². The number of aryl methyl sites for hydroxylation is 1. The van der Waals surface area contributed by atoms with E-state index in [1.165, 1.54) is 12.8 Å². The van der Waals surface area contributed by atoms with Gasteiger partial charge < -0.3 is 5.32 Å². The number of carbonyl (C=O) groups excluding carboxylic acids is 1. The number of hydrogen-bond acceptors (Lipinski definition) is 3. The van der Waals surface area contributed by atoms with Gasteiger partial charge in [-0.05, 0) is 56.6 Å². The van der Waals surface area contributed by atoms with Crippen molar-refractivity contribution in [3.8, 4) is 11.3 Å². The van der Waals surface area contributed by atoms with Crippen LogP contribution in [0.5, 0.6) is 0 Å². The molecule has 1 N–H and O–H groups in total. The number of likely N-dealkylation sites (N-methyl/N-ethyl adjacent to an activating group) is 1. The first-order chi connectivity index (χ1) is 11.7. The smallest absolute Gasteiger partial charge is 0.251 e. The molecule has 1 amide bonds. The van der Waals surface area contributed by atoms with Gasteiger partial charge in [0.2, 0.25) is 0 Å². The first-order valence-electron chi connectivity index (χ1n) is 8.73. The molecule has 1 aliphatic heterocycles. The highest BCUT2D eigenvalue weighted by Gasteiger charge is 2.23. The van der Waals surface area contributed by atoms with Crippen molar-refractivity contribution >= 4 is 5.91 Å². The van der Waals surface area contributed by atoms with Gasteiger partial charge in [0.25, 0.3) is 5.91 Å². The number of nitrogens with zero attached hydrogens (tertiary/aromatic N) is 2. The lowest BCUT2D eigenvalue weighted by atomic mass is 10.0. The summed E-state index contributed by atoms with van der Waals surface area (Å²) in [6, 6.07) is 12.2. The number of likely N-dealkylation sites (tertiary alicyclic amines) is 1. The van der Waals surface area contributed by atoms with Crippen LogP contribution < -0.4 is 5.32 Å². The van der Waals surface area contributed by atoms with Gasteiger partial charge in [-0.1, -0.05) is 25.1 Å². The van der Waals surface area contributed by atoms with Gasteiger partial charge >= 0.3 is 0 Å². The third-order valence-electron chi connectivity index (χ3n) is 4.81. The average molecular weight is 323 g/mol. The van der Waals surface area contributed by atoms with Gasteiger partial charge in [-0.2, -0.15) is 0 Å². The minimum Gasteiger partial charge on any atom is -0.350 e. The summed E-state index contributed by atoms with van der Waals surface area (Å²) in [5, 5.41) is 3.10. The molecule has 1 aliphatic rings. The lowest BCUT2D eigenvalue weighted by Crippen LogP contribution is -2.40. The SMILES string of the molecule is CCN1CCC[C@@H]1CNC(=O)c1cccc(-c2ncccc2C)c1. The second kappa shape index (κ2) is 7.58. The number of rotatable bonds is 5. The Kier molecular flexibility index (Phi) is 5.26. The van der Waals surface area contributed by atoms with Gasteiger partial charge in [0.1, 0.15) is 0 Å². The van der Waals surface area contributed by atoms with Crippen LogP contribution in [0.15, 0.2) is 42.6 Å². The molecule has 0 unspecified atom stereocenters. The summed E-state index contributed by atoms with van der Waals surface area (Å²) in [7, 11) is 0. The zero-order valence-corrected chi connectivity index (χ0v) is 14.5. The Bertz CT molecular complexity index is 714. The summed E-state index contributed by atoms with van der Waals surface area (Å²) in [4.78, 5) is 19.4. The first kappa shape index (κ1) is 16.7. The number of nitrogens with one attached hydrogen (secondary N) is 1. The molecule has 1 fully saturated rings. The molecule has 24 heavy (non-hydrogen) atoms. The van der Waals surface area contributed by atoms with Gasteiger partial charge in [-0.3, -0.25) is 14.7 Å². The van der Waals surface area contributed by atoms with Gasteiger partial charge in [0.15, 0.2) is 0 Å². The predicted octanol–water partition coefficient (Wildman–Crippen LogP) is 3.27. The Hall–Kier alpha value is -2.20. The van der Waals surface area contributed by atoms with Crippen LogP contribution >= 0.6 is 0 Å². The molecule has 1 aromatic carbocycles. The zero-order chi connectivity index (χ0) is 16.9. The van der Waals surface area contributed by atoms with Crippen LogP contribution in [-0.4, -0.2) is 41.5 Å². The van der Waals surface area contributed by atoms with Gasteiger partial charge in [-0.25, -0.2) is 0 Å². The molecule has 2 aromatic rings. The second-order valence-electron chi connectivity index (χ2n) is 6.38. The average Bonchev–Trinajstić information content (AvgIpc) is 3.07. The number of amides is 1. The van der Waals surface area contributed by atoms with Crippen LogP contribution in [0.4, 0.5) is 0 Å². The van der Waals surface area contributed by atoms with Gasteiger partial charge in [0.05, 0.1) is 5.69 Å². The largest absolute Gasteiger partial charge is 0.350 e. The quantitative estimate of drug-likeness (QED) is 0.918. The summed E-state index contributed by atoms with van der Waals surface area (Å²) in [6.45, 7) is 7.13. The van der Waals surface area contributed by atoms with Crippen LogP contribution in [0, 0.1) is 6.92 Å². The van der Waals surface area contributed by atoms with Crippen molar-refractivity contribution in [1.29, 1.82) is 0 Å². The van der Waals surface area contributed by atoms with Gasteiger partial charge in [-0.15, -0.1) is 0 Å². The van der Waals surface area contributed by atoms with Gasteiger partial charge in [0, 0.05) is 29.9 Å². The van der Waals surface area contributed by atoms with E-state index < -0.39 is 0 Å². The third kappa shape index (κ3) is 3.65. The molecule has 0 saturated carbocycles. The highest BCUT2D eigenvalue weighted by atomic mass is 16.1. The van der Waals surface area contributed by atoms with Crippen molar-refractivity contribution in [3.05, 3.63) is 53.7 Å². The van der Waals surface area contributed by atoms with E-state index in [9.17, 15) is 4.79 Å². The molecule has 0 spiro atoms. The Morgan fingerprint density at radius 1 is 1.33 bits per heavy atom. The molecular formula is C20H25N3O. The molecule has 0 aliphatic carbocycles. The Morgan fingerprint density at radius 2 is 2.21 bits per heavy atom. The number of carbonyl (C=O) groups is 1. The third-order valence-corrected chi connectivity index (χ3v) is 4.81. The second-order valence-corrected chi connectivity index (χ2v) is 6.38. The molecular weight excluding hydrogens is 298 g/mol. The van der Waals surface area contributed by atoms with Crippen molar-refractivity contribution in [1.82, 2.24) is 15.2 Å². The summed E-state index contributed by atoms with van der Waals surface area (Å²) in [5.41, 5.74) is 3.72. The van der Waals surface area contributed by atoms with E-state index in [-0.39, 0.29) is 5.91 Å². The fourth-order valence-corrected chi connectivity index (χ4v) is 3.45. The summed E-state index contributed by atoms with van der Waals surface area (Å²) < 4.78 is 0. The van der Waals surface area contributed by atoms with Crippen LogP contribution in [0.3, 0.4) is 0 Å². The lowest BCUT2D eigenvalue weighted by Gasteiger charge is -2.22. The van der Waals surface area contributed by atoms with Crippen molar-refractivity contribution in [2.75, 3.05) is 19.6 Å². The fraction of sp³-hybridized carbons (Fsp3) is 0.400.